The van der Waals surface area contributed by atoms with Crippen LogP contribution in [0.5, 0.6) is 5.75 Å². The van der Waals surface area contributed by atoms with Crippen molar-refractivity contribution < 1.29 is 14.6 Å². The van der Waals surface area contributed by atoms with Crippen LogP contribution in [0.1, 0.15) is 5.56 Å². The van der Waals surface area contributed by atoms with Crippen LogP contribution in [0.25, 0.3) is 0 Å². The van der Waals surface area contributed by atoms with E-state index in [-0.39, 0.29) is 10.8 Å². The Morgan fingerprint density at radius 2 is 2.00 bits per heavy atom. The maximum Gasteiger partial charge on any atom is 0.176 e. The maximum atomic E-state index is 9.66. The molecule has 0 aliphatic rings. The predicted molar refractivity (Wildman–Crippen MR) is 68.4 cm³/mol. The van der Waals surface area contributed by atoms with Gasteiger partial charge in [0.15, 0.2) is 6.29 Å². The Morgan fingerprint density at radius 1 is 1.35 bits per heavy atom. The number of hydrogen-bond acceptors (Lipinski definition) is 4. The largest absolute Gasteiger partial charge is 0.506 e. The molecule has 0 bridgehead atoms. The number of methoxy groups -OCH3 is 2. The topological polar surface area (TPSA) is 51.0 Å². The van der Waals surface area contributed by atoms with Crippen molar-refractivity contribution in [2.75, 3.05) is 20.8 Å². The smallest absolute Gasteiger partial charge is 0.176 e. The maximum absolute atomic E-state index is 9.66. The highest BCUT2D eigenvalue weighted by molar-refractivity contribution is 6.36. The lowest BCUT2D eigenvalue weighted by Gasteiger charge is -2.09. The molecule has 0 fully saturated rings. The van der Waals surface area contributed by atoms with Crippen molar-refractivity contribution in [3.8, 4) is 5.75 Å². The lowest BCUT2D eigenvalue weighted by atomic mass is 10.2. The molecule has 4 nitrogen and oxygen atoms in total. The lowest BCUT2D eigenvalue weighted by molar-refractivity contribution is -0.0936. The number of phenols is 1. The lowest BCUT2D eigenvalue weighted by Crippen LogP contribution is -2.16. The molecule has 0 heterocycles. The first-order valence-corrected chi connectivity index (χ1v) is 5.57. The van der Waals surface area contributed by atoms with Gasteiger partial charge in [-0.15, -0.1) is 0 Å². The number of rotatable bonds is 5. The molecule has 0 aliphatic carbocycles. The fourth-order valence-corrected chi connectivity index (χ4v) is 1.68. The molecule has 0 radical (unpaired) electrons. The second kappa shape index (κ2) is 6.81. The SMILES string of the molecule is COC(CN=Cc1cc(Cl)cc(Cl)c1O)OC. The fraction of sp³-hybridized carbons (Fsp3) is 0.364. The van der Waals surface area contributed by atoms with Crippen LogP contribution in [0, 0.1) is 0 Å². The summed E-state index contributed by atoms with van der Waals surface area (Å²) in [5, 5.41) is 10.3. The minimum atomic E-state index is -0.414. The summed E-state index contributed by atoms with van der Waals surface area (Å²) in [6, 6.07) is 3.03. The third-order valence-corrected chi connectivity index (χ3v) is 2.57. The van der Waals surface area contributed by atoms with Crippen molar-refractivity contribution >= 4 is 29.4 Å². The van der Waals surface area contributed by atoms with Crippen LogP contribution in [-0.4, -0.2) is 38.4 Å². The second-order valence-corrected chi connectivity index (χ2v) is 4.06. The molecule has 0 saturated heterocycles. The van der Waals surface area contributed by atoms with Crippen LogP contribution >= 0.6 is 23.2 Å². The third-order valence-electron chi connectivity index (χ3n) is 2.07. The van der Waals surface area contributed by atoms with Crippen LogP contribution in [0.15, 0.2) is 17.1 Å². The highest BCUT2D eigenvalue weighted by atomic mass is 35.5. The minimum absolute atomic E-state index is 0.0498. The first kappa shape index (κ1) is 14.3. The highest BCUT2D eigenvalue weighted by Crippen LogP contribution is 2.29. The van der Waals surface area contributed by atoms with Crippen LogP contribution in [0.4, 0.5) is 0 Å². The zero-order valence-corrected chi connectivity index (χ0v) is 11.0. The molecule has 0 unspecified atom stereocenters. The molecule has 0 saturated carbocycles. The summed E-state index contributed by atoms with van der Waals surface area (Å²) in [7, 11) is 3.05. The number of benzene rings is 1. The van der Waals surface area contributed by atoms with Gasteiger partial charge in [-0.3, -0.25) is 4.99 Å². The molecule has 1 rings (SSSR count). The summed E-state index contributed by atoms with van der Waals surface area (Å²) in [5.41, 5.74) is 0.452. The van der Waals surface area contributed by atoms with Crippen LogP contribution in [0.3, 0.4) is 0 Å². The number of aliphatic imine (C=N–C) groups is 1. The molecule has 17 heavy (non-hydrogen) atoms. The molecule has 1 N–H and O–H groups in total. The minimum Gasteiger partial charge on any atom is -0.506 e. The highest BCUT2D eigenvalue weighted by Gasteiger charge is 2.06. The number of nitrogens with zero attached hydrogens (tertiary/aromatic N) is 1. The van der Waals surface area contributed by atoms with Crippen LogP contribution < -0.4 is 0 Å². The Morgan fingerprint density at radius 3 is 2.59 bits per heavy atom. The van der Waals surface area contributed by atoms with Gasteiger partial charge >= 0.3 is 0 Å². The fourth-order valence-electron chi connectivity index (χ4n) is 1.17. The number of ether oxygens (including phenoxy) is 2. The van der Waals surface area contributed by atoms with Crippen molar-refractivity contribution in [1.29, 1.82) is 0 Å². The quantitative estimate of drug-likeness (QED) is 0.665. The van der Waals surface area contributed by atoms with E-state index in [1.807, 2.05) is 0 Å². The molecule has 1 aromatic carbocycles. The molecule has 0 spiro atoms. The predicted octanol–water partition coefficient (Wildman–Crippen LogP) is 2.74. The first-order chi connectivity index (χ1) is 8.08. The van der Waals surface area contributed by atoms with Gasteiger partial charge in [0.05, 0.1) is 11.6 Å². The van der Waals surface area contributed by atoms with Gasteiger partial charge in [-0.2, -0.15) is 0 Å². The van der Waals surface area contributed by atoms with Crippen molar-refractivity contribution in [2.45, 2.75) is 6.29 Å². The van der Waals surface area contributed by atoms with Crippen molar-refractivity contribution in [2.24, 2.45) is 4.99 Å². The van der Waals surface area contributed by atoms with Gasteiger partial charge in [-0.1, -0.05) is 23.2 Å². The molecule has 0 aliphatic heterocycles. The van der Waals surface area contributed by atoms with E-state index < -0.39 is 6.29 Å². The molecule has 0 atom stereocenters. The van der Waals surface area contributed by atoms with Gasteiger partial charge < -0.3 is 14.6 Å². The number of phenolic OH excluding ortho intramolecular Hbond substituents is 1. The molecule has 0 amide bonds. The molecule has 1 aromatic rings. The summed E-state index contributed by atoms with van der Waals surface area (Å²) in [6.07, 6.45) is 1.06. The molecule has 94 valence electrons. The number of halogens is 2. The molecule has 6 heteroatoms. The van der Waals surface area contributed by atoms with E-state index in [0.717, 1.165) is 0 Å². The van der Waals surface area contributed by atoms with Crippen LogP contribution in [0.2, 0.25) is 10.0 Å². The van der Waals surface area contributed by atoms with Gasteiger partial charge in [-0.05, 0) is 12.1 Å². The van der Waals surface area contributed by atoms with Crippen LogP contribution in [-0.2, 0) is 9.47 Å². The van der Waals surface area contributed by atoms with Gasteiger partial charge in [0.2, 0.25) is 0 Å². The molecule has 0 aromatic heterocycles. The Kier molecular flexibility index (Phi) is 5.71. The summed E-state index contributed by atoms with van der Waals surface area (Å²) >= 11 is 11.6. The number of hydrogen-bond donors (Lipinski definition) is 1. The monoisotopic (exact) mass is 277 g/mol. The van der Waals surface area contributed by atoms with Crippen molar-refractivity contribution in [3.63, 3.8) is 0 Å². The Labute approximate surface area is 110 Å². The van der Waals surface area contributed by atoms with E-state index in [9.17, 15) is 5.11 Å². The van der Waals surface area contributed by atoms with E-state index in [1.165, 1.54) is 26.5 Å². The van der Waals surface area contributed by atoms with Crippen molar-refractivity contribution in [1.82, 2.24) is 0 Å². The first-order valence-electron chi connectivity index (χ1n) is 4.82. The van der Waals surface area contributed by atoms with E-state index >= 15 is 0 Å². The van der Waals surface area contributed by atoms with Gasteiger partial charge in [0, 0.05) is 31.0 Å². The van der Waals surface area contributed by atoms with Gasteiger partial charge in [0.25, 0.3) is 0 Å². The van der Waals surface area contributed by atoms with E-state index in [1.54, 1.807) is 6.07 Å². The van der Waals surface area contributed by atoms with E-state index in [2.05, 4.69) is 4.99 Å². The second-order valence-electron chi connectivity index (χ2n) is 3.22. The normalized spacial score (nSPS) is 11.6. The number of aromatic hydroxyl groups is 1. The van der Waals surface area contributed by atoms with Gasteiger partial charge in [-0.25, -0.2) is 0 Å². The van der Waals surface area contributed by atoms with E-state index in [0.29, 0.717) is 17.1 Å². The Balaban J connectivity index is 2.77. The molecular weight excluding hydrogens is 265 g/mol. The summed E-state index contributed by atoms with van der Waals surface area (Å²) in [6.45, 7) is 0.316. The third kappa shape index (κ3) is 4.16. The standard InChI is InChI=1S/C11H13Cl2NO3/c1-16-10(17-2)6-14-5-7-3-8(12)4-9(13)11(7)15/h3-5,10,15H,6H2,1-2H3. The van der Waals surface area contributed by atoms with E-state index in [4.69, 9.17) is 32.7 Å². The summed E-state index contributed by atoms with van der Waals surface area (Å²) in [5.74, 6) is -0.0498. The zero-order chi connectivity index (χ0) is 12.8. The van der Waals surface area contributed by atoms with Crippen molar-refractivity contribution in [3.05, 3.63) is 27.7 Å². The average molecular weight is 278 g/mol. The average Bonchev–Trinajstić information content (AvgIpc) is 2.30. The zero-order valence-electron chi connectivity index (χ0n) is 9.48. The Bertz CT molecular complexity index is 406. The summed E-state index contributed by atoms with van der Waals surface area (Å²) < 4.78 is 9.93. The van der Waals surface area contributed by atoms with Gasteiger partial charge in [0.1, 0.15) is 5.75 Å². The summed E-state index contributed by atoms with van der Waals surface area (Å²) in [4.78, 5) is 4.07. The Hall–Kier alpha value is -0.810. The molecular formula is C11H13Cl2NO3.